The largest absolute Gasteiger partial charge is 0.508 e. The maximum atomic E-state index is 12.6. The Morgan fingerprint density at radius 1 is 0.842 bits per heavy atom. The van der Waals surface area contributed by atoms with Gasteiger partial charge < -0.3 is 14.9 Å². The van der Waals surface area contributed by atoms with Gasteiger partial charge in [0, 0.05) is 22.9 Å². The van der Waals surface area contributed by atoms with Crippen LogP contribution in [0.25, 0.3) is 6.08 Å². The molecule has 3 rings (SSSR count). The van der Waals surface area contributed by atoms with Gasteiger partial charge in [0.05, 0.1) is 12.3 Å². The van der Waals surface area contributed by atoms with Crippen molar-refractivity contribution in [3.63, 3.8) is 0 Å². The van der Waals surface area contributed by atoms with Crippen molar-refractivity contribution in [1.82, 2.24) is 0 Å². The fraction of sp³-hybridized carbons (Fsp3) is 0.333. The van der Waals surface area contributed by atoms with Crippen molar-refractivity contribution in [3.8, 4) is 17.2 Å². The SMILES string of the molecule is CCCCCCCCCCOc1ccc(C=CC(=O)c2ccc(N=C(C)c3ccc(O)cc3O)cc2)cc1. The van der Waals surface area contributed by atoms with Crippen LogP contribution in [0.5, 0.6) is 17.2 Å². The number of aliphatic imine (C=N–C) groups is 1. The lowest BCUT2D eigenvalue weighted by Crippen LogP contribution is -1.97. The number of allylic oxidation sites excluding steroid dienone is 1. The Labute approximate surface area is 226 Å². The zero-order valence-electron chi connectivity index (χ0n) is 22.5. The van der Waals surface area contributed by atoms with Gasteiger partial charge in [-0.2, -0.15) is 0 Å². The highest BCUT2D eigenvalue weighted by atomic mass is 16.5. The molecule has 0 bridgehead atoms. The number of carbonyl (C=O) groups is 1. The molecule has 0 aliphatic carbocycles. The Bertz CT molecular complexity index is 1210. The van der Waals surface area contributed by atoms with Gasteiger partial charge in [-0.15, -0.1) is 0 Å². The molecule has 38 heavy (non-hydrogen) atoms. The number of aromatic hydroxyl groups is 2. The van der Waals surface area contributed by atoms with E-state index in [9.17, 15) is 15.0 Å². The lowest BCUT2D eigenvalue weighted by molar-refractivity contribution is 0.104. The van der Waals surface area contributed by atoms with Crippen molar-refractivity contribution in [1.29, 1.82) is 0 Å². The molecule has 5 nitrogen and oxygen atoms in total. The van der Waals surface area contributed by atoms with Crippen LogP contribution < -0.4 is 4.74 Å². The summed E-state index contributed by atoms with van der Waals surface area (Å²) in [5.74, 6) is 0.714. The highest BCUT2D eigenvalue weighted by molar-refractivity contribution is 6.07. The number of rotatable bonds is 15. The molecule has 0 saturated heterocycles. The normalized spacial score (nSPS) is 11.7. The molecule has 0 saturated carbocycles. The first-order valence-electron chi connectivity index (χ1n) is 13.6. The minimum atomic E-state index is -0.0940. The molecule has 0 spiro atoms. The lowest BCUT2D eigenvalue weighted by atomic mass is 10.1. The molecule has 0 aromatic heterocycles. The van der Waals surface area contributed by atoms with Gasteiger partial charge in [-0.3, -0.25) is 9.79 Å². The van der Waals surface area contributed by atoms with E-state index in [0.717, 1.165) is 24.3 Å². The number of nitrogens with zero attached hydrogens (tertiary/aromatic N) is 1. The molecule has 5 heteroatoms. The molecule has 0 heterocycles. The molecule has 3 aromatic carbocycles. The Morgan fingerprint density at radius 3 is 2.16 bits per heavy atom. The summed E-state index contributed by atoms with van der Waals surface area (Å²) in [5.41, 5.74) is 3.30. The van der Waals surface area contributed by atoms with E-state index in [4.69, 9.17) is 4.74 Å². The van der Waals surface area contributed by atoms with Gasteiger partial charge in [0.2, 0.25) is 0 Å². The minimum Gasteiger partial charge on any atom is -0.508 e. The standard InChI is InChI=1S/C33H39NO4/c1-3-4-5-6-7-8-9-10-23-38-30-19-11-26(12-20-30)13-22-32(36)27-14-16-28(17-15-27)34-25(2)31-21-18-29(35)24-33(31)37/h11-22,24,35,37H,3-10,23H2,1-2H3. The number of carbonyl (C=O) groups excluding carboxylic acids is 1. The van der Waals surface area contributed by atoms with Crippen LogP contribution >= 0.6 is 0 Å². The van der Waals surface area contributed by atoms with E-state index in [2.05, 4.69) is 11.9 Å². The van der Waals surface area contributed by atoms with Crippen LogP contribution in [0.15, 0.2) is 77.8 Å². The maximum absolute atomic E-state index is 12.6. The van der Waals surface area contributed by atoms with Crippen molar-refractivity contribution in [3.05, 3.63) is 89.5 Å². The Kier molecular flexibility index (Phi) is 11.6. The quantitative estimate of drug-likeness (QED) is 0.0922. The Hall–Kier alpha value is -3.86. The first-order valence-corrected chi connectivity index (χ1v) is 13.6. The third-order valence-electron chi connectivity index (χ3n) is 6.39. The molecular weight excluding hydrogens is 474 g/mol. The van der Waals surface area contributed by atoms with E-state index in [1.165, 1.54) is 57.1 Å². The lowest BCUT2D eigenvalue weighted by Gasteiger charge is -2.06. The van der Waals surface area contributed by atoms with Crippen LogP contribution in [0.1, 0.15) is 86.7 Å². The van der Waals surface area contributed by atoms with Gasteiger partial charge in [0.25, 0.3) is 0 Å². The smallest absolute Gasteiger partial charge is 0.185 e. The summed E-state index contributed by atoms with van der Waals surface area (Å²) in [5, 5.41) is 19.5. The fourth-order valence-corrected chi connectivity index (χ4v) is 4.15. The summed E-state index contributed by atoms with van der Waals surface area (Å²) in [7, 11) is 0. The molecule has 200 valence electrons. The van der Waals surface area contributed by atoms with E-state index in [0.29, 0.717) is 22.5 Å². The molecule has 0 aliphatic rings. The zero-order chi connectivity index (χ0) is 27.2. The molecule has 3 aromatic rings. The predicted octanol–water partition coefficient (Wildman–Crippen LogP) is 8.65. The van der Waals surface area contributed by atoms with Crippen LogP contribution in [-0.2, 0) is 0 Å². The second-order valence-electron chi connectivity index (χ2n) is 9.54. The molecule has 0 fully saturated rings. The summed E-state index contributed by atoms with van der Waals surface area (Å²) in [6.07, 6.45) is 13.6. The molecular formula is C33H39NO4. The summed E-state index contributed by atoms with van der Waals surface area (Å²) < 4.78 is 5.85. The fourth-order valence-electron chi connectivity index (χ4n) is 4.15. The Balaban J connectivity index is 1.44. The summed E-state index contributed by atoms with van der Waals surface area (Å²) in [4.78, 5) is 17.1. The summed E-state index contributed by atoms with van der Waals surface area (Å²) in [6, 6.07) is 19.2. The number of benzene rings is 3. The van der Waals surface area contributed by atoms with Gasteiger partial charge in [-0.25, -0.2) is 0 Å². The number of ether oxygens (including phenoxy) is 1. The molecule has 2 N–H and O–H groups in total. The number of phenolic OH excluding ortho intramolecular Hbond substituents is 2. The van der Waals surface area contributed by atoms with E-state index < -0.39 is 0 Å². The molecule has 0 unspecified atom stereocenters. The number of hydrogen-bond donors (Lipinski definition) is 2. The predicted molar refractivity (Wildman–Crippen MR) is 156 cm³/mol. The average Bonchev–Trinajstić information content (AvgIpc) is 2.92. The summed E-state index contributed by atoms with van der Waals surface area (Å²) in [6.45, 7) is 4.76. The molecule has 0 radical (unpaired) electrons. The van der Waals surface area contributed by atoms with E-state index >= 15 is 0 Å². The second-order valence-corrected chi connectivity index (χ2v) is 9.54. The topological polar surface area (TPSA) is 79.1 Å². The third-order valence-corrected chi connectivity index (χ3v) is 6.39. The zero-order valence-corrected chi connectivity index (χ0v) is 22.5. The van der Waals surface area contributed by atoms with E-state index in [-0.39, 0.29) is 17.3 Å². The van der Waals surface area contributed by atoms with Crippen molar-refractivity contribution in [2.75, 3.05) is 6.61 Å². The number of phenols is 2. The number of unbranched alkanes of at least 4 members (excludes halogenated alkanes) is 7. The average molecular weight is 514 g/mol. The first kappa shape index (κ1) is 28.7. The Morgan fingerprint density at radius 2 is 1.50 bits per heavy atom. The van der Waals surface area contributed by atoms with Gasteiger partial charge in [-0.05, 0) is 73.5 Å². The third kappa shape index (κ3) is 9.55. The van der Waals surface area contributed by atoms with Crippen LogP contribution in [0, 0.1) is 0 Å². The second kappa shape index (κ2) is 15.4. The van der Waals surface area contributed by atoms with E-state index in [1.54, 1.807) is 49.4 Å². The summed E-state index contributed by atoms with van der Waals surface area (Å²) >= 11 is 0. The number of hydrogen-bond acceptors (Lipinski definition) is 5. The van der Waals surface area contributed by atoms with Gasteiger partial charge in [0.15, 0.2) is 5.78 Å². The first-order chi connectivity index (χ1) is 18.5. The highest BCUT2D eigenvalue weighted by Crippen LogP contribution is 2.25. The van der Waals surface area contributed by atoms with Crippen molar-refractivity contribution < 1.29 is 19.7 Å². The van der Waals surface area contributed by atoms with Crippen LogP contribution in [0.4, 0.5) is 5.69 Å². The van der Waals surface area contributed by atoms with Crippen LogP contribution in [0.2, 0.25) is 0 Å². The molecule has 0 atom stereocenters. The van der Waals surface area contributed by atoms with Gasteiger partial charge >= 0.3 is 0 Å². The van der Waals surface area contributed by atoms with Crippen molar-refractivity contribution in [2.24, 2.45) is 4.99 Å². The monoisotopic (exact) mass is 513 g/mol. The van der Waals surface area contributed by atoms with E-state index in [1.807, 2.05) is 24.3 Å². The molecule has 0 amide bonds. The van der Waals surface area contributed by atoms with Crippen molar-refractivity contribution in [2.45, 2.75) is 65.2 Å². The van der Waals surface area contributed by atoms with Crippen molar-refractivity contribution >= 4 is 23.3 Å². The van der Waals surface area contributed by atoms with Gasteiger partial charge in [0.1, 0.15) is 17.2 Å². The van der Waals surface area contributed by atoms with Gasteiger partial charge in [-0.1, -0.05) is 70.1 Å². The maximum Gasteiger partial charge on any atom is 0.185 e. The minimum absolute atomic E-state index is 0.00618. The van der Waals surface area contributed by atoms with Crippen LogP contribution in [0.3, 0.4) is 0 Å². The molecule has 0 aliphatic heterocycles. The highest BCUT2D eigenvalue weighted by Gasteiger charge is 2.07. The number of ketones is 1. The van der Waals surface area contributed by atoms with Crippen LogP contribution in [-0.4, -0.2) is 28.3 Å².